The molecule has 0 aliphatic rings. The summed E-state index contributed by atoms with van der Waals surface area (Å²) in [6.07, 6.45) is 1.02. The Kier molecular flexibility index (Phi) is 5.03. The van der Waals surface area contributed by atoms with Crippen molar-refractivity contribution >= 4 is 19.7 Å². The summed E-state index contributed by atoms with van der Waals surface area (Å²) in [5.41, 5.74) is 5.28. The molecule has 0 saturated heterocycles. The highest BCUT2D eigenvalue weighted by molar-refractivity contribution is 7.94. The Bertz CT molecular complexity index is 357. The second-order valence-corrected chi connectivity index (χ2v) is 8.07. The molecule has 0 rings (SSSR count). The summed E-state index contributed by atoms with van der Waals surface area (Å²) >= 11 is 0. The third-order valence-electron chi connectivity index (χ3n) is 1.71. The number of hydrogen-bond donors (Lipinski definition) is 1. The van der Waals surface area contributed by atoms with Gasteiger partial charge in [0.25, 0.3) is 0 Å². The first kappa shape index (κ1) is 13.9. The Hall–Kier alpha value is -0.140. The monoisotopic (exact) mass is 243 g/mol. The highest BCUT2D eigenvalue weighted by Gasteiger charge is 2.17. The molecule has 1 atom stereocenters. The number of sulfone groups is 2. The maximum absolute atomic E-state index is 11.3. The van der Waals surface area contributed by atoms with Gasteiger partial charge in [-0.1, -0.05) is 6.92 Å². The van der Waals surface area contributed by atoms with Gasteiger partial charge in [-0.2, -0.15) is 0 Å². The summed E-state index contributed by atoms with van der Waals surface area (Å²) < 4.78 is 44.1. The molecule has 0 aromatic heterocycles. The molecular weight excluding hydrogens is 226 g/mol. The van der Waals surface area contributed by atoms with E-state index in [1.807, 2.05) is 0 Å². The molecule has 7 heteroatoms. The minimum atomic E-state index is -3.29. The highest BCUT2D eigenvalue weighted by atomic mass is 32.2. The topological polar surface area (TPSA) is 94.3 Å². The Morgan fingerprint density at radius 3 is 2.00 bits per heavy atom. The van der Waals surface area contributed by atoms with E-state index in [9.17, 15) is 16.8 Å². The fourth-order valence-corrected chi connectivity index (χ4v) is 4.26. The molecule has 0 bridgehead atoms. The lowest BCUT2D eigenvalue weighted by atomic mass is 10.2. The molecule has 14 heavy (non-hydrogen) atoms. The van der Waals surface area contributed by atoms with E-state index < -0.39 is 19.7 Å². The van der Waals surface area contributed by atoms with Gasteiger partial charge in [-0.15, -0.1) is 0 Å². The van der Waals surface area contributed by atoms with Crippen molar-refractivity contribution in [2.24, 2.45) is 11.7 Å². The Labute approximate surface area is 85.5 Å². The molecule has 0 aliphatic heterocycles. The quantitative estimate of drug-likeness (QED) is 0.648. The van der Waals surface area contributed by atoms with Crippen LogP contribution in [-0.2, 0) is 19.7 Å². The first-order chi connectivity index (χ1) is 6.16. The van der Waals surface area contributed by atoms with Gasteiger partial charge in [0.2, 0.25) is 0 Å². The van der Waals surface area contributed by atoms with Gasteiger partial charge >= 0.3 is 0 Å². The summed E-state index contributed by atoms with van der Waals surface area (Å²) in [5.74, 6) is -0.790. The molecule has 0 fully saturated rings. The molecule has 0 aromatic carbocycles. The number of hydrogen-bond acceptors (Lipinski definition) is 5. The van der Waals surface area contributed by atoms with Crippen molar-refractivity contribution in [1.29, 1.82) is 0 Å². The largest absolute Gasteiger partial charge is 0.330 e. The molecule has 0 heterocycles. The Morgan fingerprint density at radius 1 is 1.14 bits per heavy atom. The summed E-state index contributed by atoms with van der Waals surface area (Å²) in [6, 6.07) is 0. The summed E-state index contributed by atoms with van der Waals surface area (Å²) in [7, 11) is -6.50. The lowest BCUT2D eigenvalue weighted by Crippen LogP contribution is -2.25. The normalized spacial score (nSPS) is 15.4. The second kappa shape index (κ2) is 5.09. The average molecular weight is 243 g/mol. The molecular formula is C7H17NO4S2. The van der Waals surface area contributed by atoms with Crippen LogP contribution in [-0.4, -0.2) is 46.9 Å². The second-order valence-electron chi connectivity index (χ2n) is 3.59. The summed E-state index contributed by atoms with van der Waals surface area (Å²) in [6.45, 7) is 2.01. The minimum Gasteiger partial charge on any atom is -0.330 e. The van der Waals surface area contributed by atoms with Gasteiger partial charge in [-0.3, -0.25) is 0 Å². The van der Waals surface area contributed by atoms with Gasteiger partial charge in [0.1, 0.15) is 9.84 Å². The van der Waals surface area contributed by atoms with Crippen LogP contribution in [0, 0.1) is 5.92 Å². The predicted octanol–water partition coefficient (Wildman–Crippen LogP) is -0.959. The van der Waals surface area contributed by atoms with Crippen molar-refractivity contribution in [3.8, 4) is 0 Å². The van der Waals surface area contributed by atoms with Crippen molar-refractivity contribution in [3.05, 3.63) is 0 Å². The van der Waals surface area contributed by atoms with Gasteiger partial charge < -0.3 is 5.73 Å². The van der Waals surface area contributed by atoms with Crippen LogP contribution in [0.5, 0.6) is 0 Å². The molecule has 5 nitrogen and oxygen atoms in total. The Morgan fingerprint density at radius 2 is 1.64 bits per heavy atom. The SMILES string of the molecule is CC(CN)CS(=O)(=O)CCS(C)(=O)=O. The highest BCUT2D eigenvalue weighted by Crippen LogP contribution is 2.01. The van der Waals surface area contributed by atoms with Gasteiger partial charge in [0.15, 0.2) is 9.84 Å². The standard InChI is InChI=1S/C7H17NO4S2/c1-7(5-8)6-14(11,12)4-3-13(2,9)10/h7H,3-6,8H2,1-2H3. The molecule has 0 spiro atoms. The maximum atomic E-state index is 11.3. The van der Waals surface area contributed by atoms with Crippen molar-refractivity contribution in [2.45, 2.75) is 6.92 Å². The van der Waals surface area contributed by atoms with E-state index in [0.29, 0.717) is 0 Å². The van der Waals surface area contributed by atoms with Crippen LogP contribution in [0.15, 0.2) is 0 Å². The first-order valence-corrected chi connectivity index (χ1v) is 8.12. The molecule has 0 radical (unpaired) electrons. The minimum absolute atomic E-state index is 0.0426. The van der Waals surface area contributed by atoms with E-state index in [-0.39, 0.29) is 29.7 Å². The molecule has 86 valence electrons. The number of nitrogens with two attached hydrogens (primary N) is 1. The first-order valence-electron chi connectivity index (χ1n) is 4.24. The van der Waals surface area contributed by atoms with Crippen LogP contribution in [0.4, 0.5) is 0 Å². The lowest BCUT2D eigenvalue weighted by Gasteiger charge is -2.08. The van der Waals surface area contributed by atoms with E-state index in [2.05, 4.69) is 0 Å². The van der Waals surface area contributed by atoms with Gasteiger partial charge in [0.05, 0.1) is 17.3 Å². The summed E-state index contributed by atoms with van der Waals surface area (Å²) in [4.78, 5) is 0. The van der Waals surface area contributed by atoms with Crippen LogP contribution in [0.25, 0.3) is 0 Å². The predicted molar refractivity (Wildman–Crippen MR) is 56.6 cm³/mol. The summed E-state index contributed by atoms with van der Waals surface area (Å²) in [5, 5.41) is 0. The fraction of sp³-hybridized carbons (Fsp3) is 1.00. The molecule has 1 unspecified atom stereocenters. The van der Waals surface area contributed by atoms with E-state index in [1.54, 1.807) is 6.92 Å². The molecule has 2 N–H and O–H groups in total. The maximum Gasteiger partial charge on any atom is 0.151 e. The number of rotatable bonds is 6. The van der Waals surface area contributed by atoms with Crippen LogP contribution in [0.3, 0.4) is 0 Å². The Balaban J connectivity index is 4.24. The third kappa shape index (κ3) is 7.28. The van der Waals surface area contributed by atoms with Crippen molar-refractivity contribution < 1.29 is 16.8 Å². The van der Waals surface area contributed by atoms with E-state index in [4.69, 9.17) is 5.73 Å². The van der Waals surface area contributed by atoms with Gasteiger partial charge in [-0.05, 0) is 12.5 Å². The average Bonchev–Trinajstić information content (AvgIpc) is 1.99. The zero-order valence-corrected chi connectivity index (χ0v) is 10.1. The van der Waals surface area contributed by atoms with Crippen molar-refractivity contribution in [1.82, 2.24) is 0 Å². The molecule has 0 aliphatic carbocycles. The van der Waals surface area contributed by atoms with E-state index >= 15 is 0 Å². The van der Waals surface area contributed by atoms with Crippen LogP contribution >= 0.6 is 0 Å². The van der Waals surface area contributed by atoms with Crippen LogP contribution in [0.2, 0.25) is 0 Å². The molecule has 0 aromatic rings. The fourth-order valence-electron chi connectivity index (χ4n) is 0.863. The van der Waals surface area contributed by atoms with Gasteiger partial charge in [-0.25, -0.2) is 16.8 Å². The smallest absolute Gasteiger partial charge is 0.151 e. The third-order valence-corrected chi connectivity index (χ3v) is 4.81. The molecule has 0 amide bonds. The van der Waals surface area contributed by atoms with Crippen LogP contribution < -0.4 is 5.73 Å². The van der Waals surface area contributed by atoms with Gasteiger partial charge in [0, 0.05) is 6.26 Å². The zero-order chi connectivity index (χ0) is 11.4. The van der Waals surface area contributed by atoms with Crippen molar-refractivity contribution in [2.75, 3.05) is 30.1 Å². The van der Waals surface area contributed by atoms with Crippen LogP contribution in [0.1, 0.15) is 6.92 Å². The zero-order valence-electron chi connectivity index (χ0n) is 8.43. The van der Waals surface area contributed by atoms with Crippen molar-refractivity contribution in [3.63, 3.8) is 0 Å². The molecule has 0 saturated carbocycles. The van der Waals surface area contributed by atoms with E-state index in [0.717, 1.165) is 6.26 Å². The van der Waals surface area contributed by atoms with E-state index in [1.165, 1.54) is 0 Å². The lowest BCUT2D eigenvalue weighted by molar-refractivity contribution is 0.572.